The van der Waals surface area contributed by atoms with Crippen molar-refractivity contribution in [3.05, 3.63) is 35.9 Å². The first-order chi connectivity index (χ1) is 7.77. The van der Waals surface area contributed by atoms with Gasteiger partial charge in [-0.3, -0.25) is 4.90 Å². The average molecular weight is 220 g/mol. The second kappa shape index (κ2) is 7.42. The van der Waals surface area contributed by atoms with E-state index in [2.05, 4.69) is 61.4 Å². The van der Waals surface area contributed by atoms with E-state index in [1.165, 1.54) is 12.0 Å². The molecule has 0 saturated heterocycles. The summed E-state index contributed by atoms with van der Waals surface area (Å²) in [6.45, 7) is 7.57. The van der Waals surface area contributed by atoms with Crippen molar-refractivity contribution in [3.8, 4) is 0 Å². The number of nitrogens with zero attached hydrogens (tertiary/aromatic N) is 1. The largest absolute Gasteiger partial charge is 0.315 e. The number of rotatable bonds is 7. The third-order valence-corrected chi connectivity index (χ3v) is 3.00. The van der Waals surface area contributed by atoms with E-state index >= 15 is 0 Å². The molecule has 0 heterocycles. The Morgan fingerprint density at radius 3 is 2.44 bits per heavy atom. The van der Waals surface area contributed by atoms with E-state index < -0.39 is 0 Å². The second-order valence-electron chi connectivity index (χ2n) is 4.27. The molecule has 16 heavy (non-hydrogen) atoms. The van der Waals surface area contributed by atoms with Crippen LogP contribution in [0.1, 0.15) is 25.8 Å². The van der Waals surface area contributed by atoms with Crippen LogP contribution in [0.5, 0.6) is 0 Å². The average Bonchev–Trinajstić information content (AvgIpc) is 2.31. The molecule has 2 heteroatoms. The number of hydrogen-bond donors (Lipinski definition) is 1. The van der Waals surface area contributed by atoms with E-state index in [0.29, 0.717) is 6.04 Å². The van der Waals surface area contributed by atoms with Gasteiger partial charge < -0.3 is 5.32 Å². The van der Waals surface area contributed by atoms with Crippen LogP contribution in [0.3, 0.4) is 0 Å². The number of likely N-dealkylation sites (N-methyl/N-ethyl adjacent to an activating group) is 2. The van der Waals surface area contributed by atoms with Gasteiger partial charge in [-0.1, -0.05) is 44.2 Å². The summed E-state index contributed by atoms with van der Waals surface area (Å²) in [5.41, 5.74) is 1.39. The molecule has 1 atom stereocenters. The summed E-state index contributed by atoms with van der Waals surface area (Å²) in [6.07, 6.45) is 1.19. The van der Waals surface area contributed by atoms with E-state index in [1.807, 2.05) is 0 Å². The molecule has 0 aliphatic heterocycles. The topological polar surface area (TPSA) is 15.3 Å². The fourth-order valence-electron chi connectivity index (χ4n) is 1.92. The van der Waals surface area contributed by atoms with Crippen molar-refractivity contribution < 1.29 is 0 Å². The van der Waals surface area contributed by atoms with Gasteiger partial charge in [0.1, 0.15) is 0 Å². The van der Waals surface area contributed by atoms with Crippen molar-refractivity contribution in [1.82, 2.24) is 10.2 Å². The van der Waals surface area contributed by atoms with Crippen LogP contribution in [0, 0.1) is 0 Å². The second-order valence-corrected chi connectivity index (χ2v) is 4.27. The zero-order valence-electron chi connectivity index (χ0n) is 10.7. The number of hydrogen-bond acceptors (Lipinski definition) is 2. The van der Waals surface area contributed by atoms with Gasteiger partial charge in [0.2, 0.25) is 0 Å². The van der Waals surface area contributed by atoms with Crippen molar-refractivity contribution in [2.24, 2.45) is 0 Å². The van der Waals surface area contributed by atoms with Crippen LogP contribution >= 0.6 is 0 Å². The van der Waals surface area contributed by atoms with E-state index in [1.54, 1.807) is 0 Å². The maximum atomic E-state index is 3.42. The first-order valence-electron chi connectivity index (χ1n) is 6.22. The first kappa shape index (κ1) is 13.2. The summed E-state index contributed by atoms with van der Waals surface area (Å²) in [6, 6.07) is 11.3. The van der Waals surface area contributed by atoms with Crippen molar-refractivity contribution in [2.75, 3.05) is 20.1 Å². The molecule has 0 saturated carbocycles. The van der Waals surface area contributed by atoms with Gasteiger partial charge in [0.05, 0.1) is 0 Å². The highest BCUT2D eigenvalue weighted by Gasteiger charge is 2.11. The lowest BCUT2D eigenvalue weighted by molar-refractivity contribution is 0.222. The summed E-state index contributed by atoms with van der Waals surface area (Å²) < 4.78 is 0. The smallest absolute Gasteiger partial charge is 0.0234 e. The zero-order valence-corrected chi connectivity index (χ0v) is 10.7. The molecule has 90 valence electrons. The van der Waals surface area contributed by atoms with Crippen LogP contribution in [0.25, 0.3) is 0 Å². The van der Waals surface area contributed by atoms with Crippen molar-refractivity contribution in [2.45, 2.75) is 32.9 Å². The number of benzene rings is 1. The summed E-state index contributed by atoms with van der Waals surface area (Å²) in [5, 5.41) is 3.42. The number of nitrogens with one attached hydrogen (secondary N) is 1. The fourth-order valence-corrected chi connectivity index (χ4v) is 1.92. The molecule has 1 rings (SSSR count). The summed E-state index contributed by atoms with van der Waals surface area (Å²) in [7, 11) is 2.21. The third-order valence-electron chi connectivity index (χ3n) is 3.00. The Balaban J connectivity index is 2.46. The minimum atomic E-state index is 0.625. The first-order valence-corrected chi connectivity index (χ1v) is 6.22. The molecule has 0 spiro atoms. The Morgan fingerprint density at radius 2 is 1.88 bits per heavy atom. The molecule has 1 aromatic rings. The molecule has 0 radical (unpaired) electrons. The molecule has 0 fully saturated rings. The van der Waals surface area contributed by atoms with E-state index in [9.17, 15) is 0 Å². The van der Waals surface area contributed by atoms with Crippen LogP contribution in [0.4, 0.5) is 0 Å². The van der Waals surface area contributed by atoms with Gasteiger partial charge in [0, 0.05) is 19.1 Å². The fraction of sp³-hybridized carbons (Fsp3) is 0.571. The predicted molar refractivity (Wildman–Crippen MR) is 70.5 cm³/mol. The Kier molecular flexibility index (Phi) is 6.12. The van der Waals surface area contributed by atoms with E-state index in [4.69, 9.17) is 0 Å². The summed E-state index contributed by atoms with van der Waals surface area (Å²) >= 11 is 0. The summed E-state index contributed by atoms with van der Waals surface area (Å²) in [5.74, 6) is 0. The molecule has 1 N–H and O–H groups in total. The highest BCUT2D eigenvalue weighted by molar-refractivity contribution is 5.14. The zero-order chi connectivity index (χ0) is 11.8. The quantitative estimate of drug-likeness (QED) is 0.759. The van der Waals surface area contributed by atoms with Crippen LogP contribution < -0.4 is 5.32 Å². The maximum Gasteiger partial charge on any atom is 0.0234 e. The van der Waals surface area contributed by atoms with Crippen molar-refractivity contribution in [1.29, 1.82) is 0 Å². The van der Waals surface area contributed by atoms with Crippen molar-refractivity contribution in [3.63, 3.8) is 0 Å². The Hall–Kier alpha value is -0.860. The van der Waals surface area contributed by atoms with Crippen LogP contribution in [-0.4, -0.2) is 31.1 Å². The predicted octanol–water partition coefficient (Wildman–Crippen LogP) is 2.51. The third kappa shape index (κ3) is 4.33. The lowest BCUT2D eigenvalue weighted by atomic mass is 10.1. The van der Waals surface area contributed by atoms with E-state index in [-0.39, 0.29) is 0 Å². The lowest BCUT2D eigenvalue weighted by Crippen LogP contribution is -2.39. The molecule has 0 aromatic heterocycles. The highest BCUT2D eigenvalue weighted by atomic mass is 15.1. The Labute approximate surface area is 99.7 Å². The van der Waals surface area contributed by atoms with Gasteiger partial charge in [-0.05, 0) is 25.6 Å². The van der Waals surface area contributed by atoms with Crippen molar-refractivity contribution >= 4 is 0 Å². The van der Waals surface area contributed by atoms with E-state index in [0.717, 1.165) is 19.6 Å². The van der Waals surface area contributed by atoms with Crippen LogP contribution in [-0.2, 0) is 6.54 Å². The molecule has 1 aromatic carbocycles. The minimum Gasteiger partial charge on any atom is -0.315 e. The Morgan fingerprint density at radius 1 is 1.19 bits per heavy atom. The molecular weight excluding hydrogens is 196 g/mol. The van der Waals surface area contributed by atoms with Gasteiger partial charge >= 0.3 is 0 Å². The maximum absolute atomic E-state index is 3.42. The lowest BCUT2D eigenvalue weighted by Gasteiger charge is -2.27. The van der Waals surface area contributed by atoms with Gasteiger partial charge in [-0.25, -0.2) is 0 Å². The molecule has 0 bridgehead atoms. The van der Waals surface area contributed by atoms with Gasteiger partial charge in [-0.2, -0.15) is 0 Å². The highest BCUT2D eigenvalue weighted by Crippen LogP contribution is 2.07. The molecule has 0 aliphatic carbocycles. The SMILES string of the molecule is CCNCC(CC)N(C)Cc1ccccc1. The molecule has 0 aliphatic rings. The summed E-state index contributed by atoms with van der Waals surface area (Å²) in [4.78, 5) is 2.43. The van der Waals surface area contributed by atoms with Gasteiger partial charge in [0.15, 0.2) is 0 Å². The molecular formula is C14H24N2. The molecule has 0 amide bonds. The minimum absolute atomic E-state index is 0.625. The Bertz CT molecular complexity index is 271. The van der Waals surface area contributed by atoms with Crippen LogP contribution in [0.2, 0.25) is 0 Å². The van der Waals surface area contributed by atoms with Gasteiger partial charge in [0.25, 0.3) is 0 Å². The standard InChI is InChI=1S/C14H24N2/c1-4-14(11-15-5-2)16(3)12-13-9-7-6-8-10-13/h6-10,14-15H,4-5,11-12H2,1-3H3. The molecule has 2 nitrogen and oxygen atoms in total. The van der Waals surface area contributed by atoms with Gasteiger partial charge in [-0.15, -0.1) is 0 Å². The van der Waals surface area contributed by atoms with Crippen LogP contribution in [0.15, 0.2) is 30.3 Å². The normalized spacial score (nSPS) is 13.0. The monoisotopic (exact) mass is 220 g/mol. The molecule has 1 unspecified atom stereocenters.